The van der Waals surface area contributed by atoms with Crippen LogP contribution in [0.2, 0.25) is 0 Å². The molecule has 0 radical (unpaired) electrons. The average molecular weight is 405 g/mol. The number of nitrogens with one attached hydrogen (secondary N) is 2. The van der Waals surface area contributed by atoms with Gasteiger partial charge in [-0.1, -0.05) is 12.1 Å². The number of thioether (sulfide) groups is 2. The molecule has 0 bridgehead atoms. The second kappa shape index (κ2) is 8.84. The maximum Gasteiger partial charge on any atom is 0.251 e. The average Bonchev–Trinajstić information content (AvgIpc) is 2.93. The van der Waals surface area contributed by atoms with Gasteiger partial charge in [-0.15, -0.1) is 23.5 Å². The number of anilines is 1. The molecule has 8 heteroatoms. The number of nitrogens with zero attached hydrogens (tertiary/aromatic N) is 2. The summed E-state index contributed by atoms with van der Waals surface area (Å²) in [6.45, 7) is 3.65. The smallest absolute Gasteiger partial charge is 0.251 e. The first-order valence-electron chi connectivity index (χ1n) is 8.87. The quantitative estimate of drug-likeness (QED) is 0.800. The van der Waals surface area contributed by atoms with Crippen LogP contribution in [0.3, 0.4) is 0 Å². The Balaban J connectivity index is 1.53. The second-order valence-electron chi connectivity index (χ2n) is 6.45. The topological polar surface area (TPSA) is 76.0 Å². The predicted molar refractivity (Wildman–Crippen MR) is 112 cm³/mol. The van der Waals surface area contributed by atoms with Gasteiger partial charge >= 0.3 is 0 Å². The van der Waals surface area contributed by atoms with Crippen molar-refractivity contribution in [3.8, 4) is 0 Å². The van der Waals surface area contributed by atoms with E-state index in [1.165, 1.54) is 23.5 Å². The molecule has 144 valence electrons. The van der Waals surface area contributed by atoms with E-state index in [0.717, 1.165) is 11.4 Å². The first kappa shape index (κ1) is 19.8. The van der Waals surface area contributed by atoms with Crippen molar-refractivity contribution in [2.24, 2.45) is 7.05 Å². The maximum atomic E-state index is 12.3. The number of hydrogen-bond donors (Lipinski definition) is 2. The number of rotatable bonds is 5. The van der Waals surface area contributed by atoms with Crippen LogP contribution in [0.25, 0.3) is 0 Å². The molecule has 0 atom stereocenters. The minimum absolute atomic E-state index is 0.0807. The summed E-state index contributed by atoms with van der Waals surface area (Å²) in [5, 5.41) is 9.76. The summed E-state index contributed by atoms with van der Waals surface area (Å²) in [5.41, 5.74) is 4.13. The fraction of sp³-hybridized carbons (Fsp3) is 0.421. The Kier molecular flexibility index (Phi) is 6.49. The first-order chi connectivity index (χ1) is 13.0. The zero-order valence-electron chi connectivity index (χ0n) is 15.7. The highest BCUT2D eigenvalue weighted by Crippen LogP contribution is 2.43. The lowest BCUT2D eigenvalue weighted by molar-refractivity contribution is -0.115. The van der Waals surface area contributed by atoms with Gasteiger partial charge in [0, 0.05) is 12.6 Å². The Morgan fingerprint density at radius 1 is 1.19 bits per heavy atom. The molecular formula is C19H24N4O2S2. The van der Waals surface area contributed by atoms with Gasteiger partial charge in [-0.05, 0) is 49.5 Å². The second-order valence-corrected chi connectivity index (χ2v) is 9.17. The third-order valence-corrected chi connectivity index (χ3v) is 7.47. The minimum Gasteiger partial charge on any atom is -0.343 e. The molecule has 27 heavy (non-hydrogen) atoms. The molecule has 6 nitrogen and oxygen atoms in total. The van der Waals surface area contributed by atoms with Gasteiger partial charge in [-0.2, -0.15) is 5.10 Å². The molecule has 2 N–H and O–H groups in total. The molecule has 0 spiro atoms. The van der Waals surface area contributed by atoms with Gasteiger partial charge in [0.1, 0.15) is 0 Å². The van der Waals surface area contributed by atoms with Crippen molar-refractivity contribution < 1.29 is 9.59 Å². The maximum absolute atomic E-state index is 12.3. The van der Waals surface area contributed by atoms with Gasteiger partial charge < -0.3 is 10.6 Å². The van der Waals surface area contributed by atoms with Crippen molar-refractivity contribution in [3.63, 3.8) is 0 Å². The molecule has 1 aliphatic rings. The van der Waals surface area contributed by atoms with Gasteiger partial charge in [0.2, 0.25) is 5.91 Å². The van der Waals surface area contributed by atoms with Gasteiger partial charge in [0.25, 0.3) is 5.91 Å². The zero-order chi connectivity index (χ0) is 19.4. The van der Waals surface area contributed by atoms with Crippen molar-refractivity contribution in [2.75, 3.05) is 23.4 Å². The Labute approximate surface area is 167 Å². The molecule has 3 rings (SSSR count). The summed E-state index contributed by atoms with van der Waals surface area (Å²) in [7, 11) is 1.83. The largest absolute Gasteiger partial charge is 0.343 e. The molecule has 1 aliphatic heterocycles. The first-order valence-corrected chi connectivity index (χ1v) is 11.0. The summed E-state index contributed by atoms with van der Waals surface area (Å²) in [5.74, 6) is 1.85. The molecule has 1 aromatic heterocycles. The third kappa shape index (κ3) is 4.87. The van der Waals surface area contributed by atoms with Crippen LogP contribution >= 0.6 is 23.5 Å². The highest BCUT2D eigenvalue weighted by atomic mass is 32.2. The summed E-state index contributed by atoms with van der Waals surface area (Å²) in [6, 6.07) is 7.67. The van der Waals surface area contributed by atoms with E-state index in [1.54, 1.807) is 4.68 Å². The Morgan fingerprint density at radius 3 is 2.44 bits per heavy atom. The van der Waals surface area contributed by atoms with E-state index in [1.807, 2.05) is 68.7 Å². The van der Waals surface area contributed by atoms with Gasteiger partial charge in [-0.25, -0.2) is 0 Å². The Hall–Kier alpha value is -1.93. The fourth-order valence-corrected chi connectivity index (χ4v) is 5.77. The van der Waals surface area contributed by atoms with Crippen molar-refractivity contribution >= 4 is 41.0 Å². The number of amides is 2. The Bertz CT molecular complexity index is 827. The van der Waals surface area contributed by atoms with E-state index >= 15 is 0 Å². The molecule has 2 amide bonds. The van der Waals surface area contributed by atoms with E-state index in [0.29, 0.717) is 15.8 Å². The lowest BCUT2D eigenvalue weighted by atomic mass is 10.1. The fourth-order valence-electron chi connectivity index (χ4n) is 2.87. The van der Waals surface area contributed by atoms with E-state index in [-0.39, 0.29) is 18.4 Å². The number of benzene rings is 1. The highest BCUT2D eigenvalue weighted by Gasteiger charge is 2.17. The van der Waals surface area contributed by atoms with Crippen LogP contribution in [0.4, 0.5) is 5.69 Å². The summed E-state index contributed by atoms with van der Waals surface area (Å²) < 4.78 is 2.17. The predicted octanol–water partition coefficient (Wildman–Crippen LogP) is 3.27. The van der Waals surface area contributed by atoms with Crippen LogP contribution in [-0.2, 0) is 11.8 Å². The van der Waals surface area contributed by atoms with E-state index in [2.05, 4.69) is 15.7 Å². The lowest BCUT2D eigenvalue weighted by Gasteiger charge is -2.21. The van der Waals surface area contributed by atoms with Gasteiger partial charge in [-0.3, -0.25) is 14.3 Å². The van der Waals surface area contributed by atoms with Crippen molar-refractivity contribution in [1.82, 2.24) is 15.1 Å². The van der Waals surface area contributed by atoms with E-state index < -0.39 is 0 Å². The zero-order valence-corrected chi connectivity index (χ0v) is 17.4. The number of aromatic nitrogens is 2. The van der Waals surface area contributed by atoms with Crippen molar-refractivity contribution in [3.05, 3.63) is 46.8 Å². The van der Waals surface area contributed by atoms with E-state index in [9.17, 15) is 9.59 Å². The third-order valence-electron chi connectivity index (χ3n) is 4.46. The number of aryl methyl sites for hydroxylation is 2. The van der Waals surface area contributed by atoms with Gasteiger partial charge in [0.05, 0.1) is 28.2 Å². The SMILES string of the molecule is Cc1nn(C)c(C)c1NC(=O)CNC(=O)c1ccc(C2SCCCS2)cc1. The number of hydrogen-bond acceptors (Lipinski definition) is 5. The van der Waals surface area contributed by atoms with Crippen LogP contribution in [0.15, 0.2) is 24.3 Å². The van der Waals surface area contributed by atoms with E-state index in [4.69, 9.17) is 0 Å². The molecule has 2 aromatic rings. The molecule has 1 fully saturated rings. The number of carbonyl (C=O) groups excluding carboxylic acids is 2. The van der Waals surface area contributed by atoms with Gasteiger partial charge in [0.15, 0.2) is 0 Å². The lowest BCUT2D eigenvalue weighted by Crippen LogP contribution is -2.33. The van der Waals surface area contributed by atoms with Crippen LogP contribution in [0.5, 0.6) is 0 Å². The highest BCUT2D eigenvalue weighted by molar-refractivity contribution is 8.16. The summed E-state index contributed by atoms with van der Waals surface area (Å²) in [6.07, 6.45) is 1.26. The summed E-state index contributed by atoms with van der Waals surface area (Å²) in [4.78, 5) is 24.5. The normalized spacial score (nSPS) is 14.8. The monoisotopic (exact) mass is 404 g/mol. The van der Waals surface area contributed by atoms with Crippen molar-refractivity contribution in [1.29, 1.82) is 0 Å². The van der Waals surface area contributed by atoms with Crippen LogP contribution in [0.1, 0.15) is 38.3 Å². The molecule has 1 saturated heterocycles. The molecule has 2 heterocycles. The molecular weight excluding hydrogens is 380 g/mol. The standard InChI is InChI=1S/C19H24N4O2S2/c1-12-17(13(2)23(3)22-12)21-16(24)11-20-18(25)14-5-7-15(8-6-14)19-26-9-4-10-27-19/h5-8,19H,4,9-11H2,1-3H3,(H,20,25)(H,21,24). The molecule has 0 unspecified atom stereocenters. The van der Waals surface area contributed by atoms with Crippen molar-refractivity contribution in [2.45, 2.75) is 24.9 Å². The minimum atomic E-state index is -0.269. The number of carbonyl (C=O) groups is 2. The summed E-state index contributed by atoms with van der Waals surface area (Å²) >= 11 is 3.90. The van der Waals surface area contributed by atoms with Crippen LogP contribution < -0.4 is 10.6 Å². The molecule has 0 aliphatic carbocycles. The van der Waals surface area contributed by atoms with Crippen LogP contribution in [-0.4, -0.2) is 39.6 Å². The molecule has 1 aromatic carbocycles. The Morgan fingerprint density at radius 2 is 1.85 bits per heavy atom. The molecule has 0 saturated carbocycles. The van der Waals surface area contributed by atoms with Crippen LogP contribution in [0, 0.1) is 13.8 Å².